The zero-order chi connectivity index (χ0) is 18.1. The summed E-state index contributed by atoms with van der Waals surface area (Å²) in [6.45, 7) is 0. The molecule has 8 heteroatoms. The SMILES string of the molecule is Fc1ccc(C(=C(C(F)(F)F)C(F)(F)F)c2ccc(F)cc2)cc1. The van der Waals surface area contributed by atoms with Gasteiger partial charge in [0.15, 0.2) is 0 Å². The van der Waals surface area contributed by atoms with E-state index in [1.807, 2.05) is 0 Å². The second-order valence-corrected chi connectivity index (χ2v) is 4.76. The molecule has 0 heterocycles. The fourth-order valence-corrected chi connectivity index (χ4v) is 2.13. The molecular weight excluding hydrogens is 344 g/mol. The molecule has 128 valence electrons. The minimum absolute atomic E-state index is 0.493. The molecule has 0 bridgehead atoms. The Morgan fingerprint density at radius 2 is 0.833 bits per heavy atom. The fraction of sp³-hybridized carbons (Fsp3) is 0.125. The van der Waals surface area contributed by atoms with Crippen molar-refractivity contribution in [3.05, 3.63) is 76.9 Å². The van der Waals surface area contributed by atoms with E-state index in [1.165, 1.54) is 0 Å². The molecule has 0 amide bonds. The van der Waals surface area contributed by atoms with Gasteiger partial charge in [-0.25, -0.2) is 8.78 Å². The van der Waals surface area contributed by atoms with E-state index in [-0.39, 0.29) is 0 Å². The predicted molar refractivity (Wildman–Crippen MR) is 70.9 cm³/mol. The molecule has 0 nitrogen and oxygen atoms in total. The van der Waals surface area contributed by atoms with E-state index < -0.39 is 46.3 Å². The second-order valence-electron chi connectivity index (χ2n) is 4.76. The zero-order valence-electron chi connectivity index (χ0n) is 11.6. The first-order valence-corrected chi connectivity index (χ1v) is 6.40. The molecule has 0 unspecified atom stereocenters. The predicted octanol–water partition coefficient (Wildman–Crippen LogP) is 5.89. The van der Waals surface area contributed by atoms with E-state index in [1.54, 1.807) is 0 Å². The average molecular weight is 352 g/mol. The van der Waals surface area contributed by atoms with Crippen LogP contribution in [0, 0.1) is 11.6 Å². The van der Waals surface area contributed by atoms with Crippen molar-refractivity contribution in [3.63, 3.8) is 0 Å². The van der Waals surface area contributed by atoms with Crippen LogP contribution in [-0.2, 0) is 0 Å². The van der Waals surface area contributed by atoms with Gasteiger partial charge in [0.25, 0.3) is 0 Å². The lowest BCUT2D eigenvalue weighted by Crippen LogP contribution is -2.28. The third-order valence-corrected chi connectivity index (χ3v) is 3.08. The first-order valence-electron chi connectivity index (χ1n) is 6.40. The highest BCUT2D eigenvalue weighted by Crippen LogP contribution is 2.45. The Labute approximate surface area is 131 Å². The van der Waals surface area contributed by atoms with Crippen molar-refractivity contribution in [2.45, 2.75) is 12.4 Å². The second kappa shape index (κ2) is 6.26. The lowest BCUT2D eigenvalue weighted by molar-refractivity contribution is -0.170. The van der Waals surface area contributed by atoms with Crippen LogP contribution in [0.3, 0.4) is 0 Å². The Kier molecular flexibility index (Phi) is 4.68. The molecule has 24 heavy (non-hydrogen) atoms. The largest absolute Gasteiger partial charge is 0.421 e. The van der Waals surface area contributed by atoms with Crippen molar-refractivity contribution in [1.29, 1.82) is 0 Å². The van der Waals surface area contributed by atoms with Gasteiger partial charge in [-0.3, -0.25) is 0 Å². The van der Waals surface area contributed by atoms with Gasteiger partial charge in [0.2, 0.25) is 0 Å². The summed E-state index contributed by atoms with van der Waals surface area (Å²) in [5.41, 5.74) is -4.93. The molecule has 2 rings (SSSR count). The number of alkyl halides is 6. The van der Waals surface area contributed by atoms with Gasteiger partial charge in [0.05, 0.1) is 0 Å². The molecule has 0 fully saturated rings. The van der Waals surface area contributed by atoms with Crippen molar-refractivity contribution in [3.8, 4) is 0 Å². The van der Waals surface area contributed by atoms with Gasteiger partial charge < -0.3 is 0 Å². The Bertz CT molecular complexity index is 670. The van der Waals surface area contributed by atoms with Crippen LogP contribution in [-0.4, -0.2) is 12.4 Å². The molecule has 0 atom stereocenters. The zero-order valence-corrected chi connectivity index (χ0v) is 11.6. The number of hydrogen-bond acceptors (Lipinski definition) is 0. The topological polar surface area (TPSA) is 0 Å². The minimum atomic E-state index is -5.71. The van der Waals surface area contributed by atoms with Gasteiger partial charge in [-0.2, -0.15) is 26.3 Å². The maximum atomic E-state index is 13.1. The van der Waals surface area contributed by atoms with Crippen LogP contribution >= 0.6 is 0 Å². The van der Waals surface area contributed by atoms with Gasteiger partial charge in [0, 0.05) is 5.57 Å². The van der Waals surface area contributed by atoms with E-state index in [2.05, 4.69) is 0 Å². The maximum Gasteiger partial charge on any atom is 0.421 e. The summed E-state index contributed by atoms with van der Waals surface area (Å²) in [5.74, 6) is -1.64. The molecule has 0 spiro atoms. The standard InChI is InChI=1S/C16H8F8/c17-11-5-1-9(2-6-11)13(10-3-7-12(18)8-4-10)14(15(19,20)21)16(22,23)24/h1-8H. The summed E-state index contributed by atoms with van der Waals surface area (Å²) in [6, 6.07) is 6.15. The highest BCUT2D eigenvalue weighted by Gasteiger charge is 2.53. The van der Waals surface area contributed by atoms with Crippen molar-refractivity contribution < 1.29 is 35.1 Å². The molecule has 0 radical (unpaired) electrons. The molecule has 0 saturated carbocycles. The molecule has 2 aromatic carbocycles. The third kappa shape index (κ3) is 3.93. The highest BCUT2D eigenvalue weighted by molar-refractivity contribution is 5.83. The first kappa shape index (κ1) is 18.0. The van der Waals surface area contributed by atoms with Gasteiger partial charge in [-0.15, -0.1) is 0 Å². The van der Waals surface area contributed by atoms with E-state index in [0.29, 0.717) is 0 Å². The quantitative estimate of drug-likeness (QED) is 0.591. The van der Waals surface area contributed by atoms with E-state index in [0.717, 1.165) is 48.5 Å². The lowest BCUT2D eigenvalue weighted by Gasteiger charge is -2.21. The number of halogens is 8. The van der Waals surface area contributed by atoms with Gasteiger partial charge >= 0.3 is 12.4 Å². The summed E-state index contributed by atoms with van der Waals surface area (Å²) in [6.07, 6.45) is -11.4. The Hall–Kier alpha value is -2.38. The number of allylic oxidation sites excluding steroid dienone is 1. The van der Waals surface area contributed by atoms with Crippen molar-refractivity contribution in [2.24, 2.45) is 0 Å². The molecule has 2 aromatic rings. The summed E-state index contributed by atoms with van der Waals surface area (Å²) in [4.78, 5) is 0. The summed E-state index contributed by atoms with van der Waals surface area (Å²) >= 11 is 0. The highest BCUT2D eigenvalue weighted by atomic mass is 19.4. The summed E-state index contributed by atoms with van der Waals surface area (Å²) < 4.78 is 104. The van der Waals surface area contributed by atoms with Crippen LogP contribution in [0.15, 0.2) is 54.1 Å². The van der Waals surface area contributed by atoms with E-state index in [4.69, 9.17) is 0 Å². The lowest BCUT2D eigenvalue weighted by atomic mass is 9.92. The number of hydrogen-bond donors (Lipinski definition) is 0. The van der Waals surface area contributed by atoms with Crippen LogP contribution in [0.2, 0.25) is 0 Å². The van der Waals surface area contributed by atoms with Gasteiger partial charge in [0.1, 0.15) is 17.2 Å². The van der Waals surface area contributed by atoms with Crippen molar-refractivity contribution in [1.82, 2.24) is 0 Å². The minimum Gasteiger partial charge on any atom is -0.207 e. The van der Waals surface area contributed by atoms with Crippen LogP contribution in [0.25, 0.3) is 5.57 Å². The van der Waals surface area contributed by atoms with Gasteiger partial charge in [-0.1, -0.05) is 24.3 Å². The van der Waals surface area contributed by atoms with E-state index >= 15 is 0 Å². The van der Waals surface area contributed by atoms with Crippen LogP contribution < -0.4 is 0 Å². The number of rotatable bonds is 2. The molecule has 0 aliphatic carbocycles. The smallest absolute Gasteiger partial charge is 0.207 e. The normalized spacial score (nSPS) is 12.2. The molecule has 0 aliphatic heterocycles. The molecule has 0 aliphatic rings. The molecular formula is C16H8F8. The van der Waals surface area contributed by atoms with Crippen molar-refractivity contribution >= 4 is 5.57 Å². The summed E-state index contributed by atoms with van der Waals surface area (Å²) in [5, 5.41) is 0. The van der Waals surface area contributed by atoms with Crippen LogP contribution in [0.1, 0.15) is 11.1 Å². The van der Waals surface area contributed by atoms with Crippen LogP contribution in [0.5, 0.6) is 0 Å². The molecule has 0 aromatic heterocycles. The van der Waals surface area contributed by atoms with E-state index in [9.17, 15) is 35.1 Å². The number of benzene rings is 2. The fourth-order valence-electron chi connectivity index (χ4n) is 2.13. The monoisotopic (exact) mass is 352 g/mol. The Morgan fingerprint density at radius 1 is 0.542 bits per heavy atom. The molecule has 0 N–H and O–H groups in total. The first-order chi connectivity index (χ1) is 11.0. The van der Waals surface area contributed by atoms with Crippen molar-refractivity contribution in [2.75, 3.05) is 0 Å². The third-order valence-electron chi connectivity index (χ3n) is 3.08. The summed E-state index contributed by atoms with van der Waals surface area (Å²) in [7, 11) is 0. The van der Waals surface area contributed by atoms with Crippen LogP contribution in [0.4, 0.5) is 35.1 Å². The Balaban J connectivity index is 2.85. The average Bonchev–Trinajstić information content (AvgIpc) is 2.44. The maximum absolute atomic E-state index is 13.1. The van der Waals surface area contributed by atoms with Gasteiger partial charge in [-0.05, 0) is 35.4 Å². The Morgan fingerprint density at radius 3 is 1.08 bits per heavy atom. The molecule has 0 saturated heterocycles.